The lowest BCUT2D eigenvalue weighted by molar-refractivity contribution is -0.314. The van der Waals surface area contributed by atoms with Crippen molar-refractivity contribution in [1.82, 2.24) is 10.2 Å². The molecule has 1 aromatic rings. The van der Waals surface area contributed by atoms with Crippen molar-refractivity contribution in [3.63, 3.8) is 0 Å². The minimum absolute atomic E-state index is 0.00653. The molecule has 0 spiro atoms. The number of aryl methyl sites for hydroxylation is 1. The average molecular weight is 896 g/mol. The normalized spacial score (nSPS) is 42.2. The number of carbonyl (C=O) groups excluding carboxylic acids is 2. The zero-order valence-corrected chi connectivity index (χ0v) is 39.9. The molecule has 7 rings (SSSR count). The van der Waals surface area contributed by atoms with Gasteiger partial charge in [-0.3, -0.25) is 9.59 Å². The highest BCUT2D eigenvalue weighted by Gasteiger charge is 2.60. The molecule has 14 nitrogen and oxygen atoms in total. The molecule has 3 heterocycles. The van der Waals surface area contributed by atoms with Crippen molar-refractivity contribution in [2.75, 3.05) is 35.4 Å². The number of carbonyl (C=O) groups is 2. The summed E-state index contributed by atoms with van der Waals surface area (Å²) in [4.78, 5) is 31.3. The number of benzene rings is 1. The number of fused-ring (bicyclic) bond motifs is 5. The molecule has 0 amide bonds. The van der Waals surface area contributed by atoms with E-state index in [1.54, 1.807) is 27.5 Å². The van der Waals surface area contributed by atoms with Gasteiger partial charge in [-0.2, -0.15) is 0 Å². The Kier molecular flexibility index (Phi) is 16.4. The number of nitrogens with one attached hydrogen (secondary N) is 1. The van der Waals surface area contributed by atoms with E-state index in [2.05, 4.69) is 37.3 Å². The number of allylic oxidation sites excluding steroid dienone is 2. The second-order valence-corrected chi connectivity index (χ2v) is 19.8. The summed E-state index contributed by atoms with van der Waals surface area (Å²) in [7, 11) is 9.04. The third-order valence-corrected chi connectivity index (χ3v) is 15.7. The molecule has 4 N–H and O–H groups in total. The molecule has 1 aromatic carbocycles. The first-order chi connectivity index (χ1) is 30.7. The van der Waals surface area contributed by atoms with E-state index in [0.29, 0.717) is 43.4 Å². The fraction of sp³-hybridized carbons (Fsp3) is 0.760. The summed E-state index contributed by atoms with van der Waals surface area (Å²) in [5, 5.41) is 16.4. The van der Waals surface area contributed by atoms with Gasteiger partial charge in [0.15, 0.2) is 18.4 Å². The molecule has 19 atom stereocenters. The van der Waals surface area contributed by atoms with Gasteiger partial charge in [0.05, 0.1) is 48.7 Å². The van der Waals surface area contributed by atoms with Gasteiger partial charge < -0.3 is 59.0 Å². The van der Waals surface area contributed by atoms with Crippen molar-refractivity contribution >= 4 is 17.4 Å². The van der Waals surface area contributed by atoms with Crippen molar-refractivity contribution in [2.45, 2.75) is 172 Å². The fourth-order valence-corrected chi connectivity index (χ4v) is 12.3. The third-order valence-electron chi connectivity index (χ3n) is 15.7. The lowest BCUT2D eigenvalue weighted by Gasteiger charge is -2.47. The Balaban J connectivity index is 1.21. The van der Waals surface area contributed by atoms with Crippen LogP contribution in [0, 0.1) is 42.4 Å². The Labute approximate surface area is 381 Å². The number of cyclic esters (lactones) is 1. The molecule has 5 unspecified atom stereocenters. The molecule has 0 aromatic heterocycles. The summed E-state index contributed by atoms with van der Waals surface area (Å²) < 4.78 is 50.3. The Morgan fingerprint density at radius 3 is 2.34 bits per heavy atom. The number of methoxy groups -OCH3 is 3. The lowest BCUT2D eigenvalue weighted by Crippen LogP contribution is -2.59. The first-order valence-corrected chi connectivity index (χ1v) is 24.0. The van der Waals surface area contributed by atoms with Crippen LogP contribution in [0.2, 0.25) is 0 Å². The van der Waals surface area contributed by atoms with Crippen LogP contribution in [0.4, 0.5) is 0 Å². The molecule has 0 radical (unpaired) electrons. The number of hydrogen-bond acceptors (Lipinski definition) is 14. The SMILES string of the molecule is CC[C@H]1CCC[C@H](O[C@H]2CC[C@H](N(C)C)C(C)O2)[C@@H](C)C(=O)C2=C[C@H]3[C@@H]4C[C@H](O[C@@H]5OC(C)[C@H](OC)C(OC)[C@@H]5OC)C[C@H]4C(N/C=C(\N)c4cccc(C)c4)C(O)[C@H]3[C@@H]2CC(=O)O1. The number of esters is 1. The van der Waals surface area contributed by atoms with Crippen LogP contribution >= 0.6 is 0 Å². The molecular weight excluding hydrogens is 819 g/mol. The van der Waals surface area contributed by atoms with E-state index in [4.69, 9.17) is 43.6 Å². The summed E-state index contributed by atoms with van der Waals surface area (Å²) >= 11 is 0. The molecule has 6 aliphatic rings. The van der Waals surface area contributed by atoms with Gasteiger partial charge in [-0.1, -0.05) is 43.7 Å². The number of hydrogen-bond donors (Lipinski definition) is 3. The molecule has 3 aliphatic carbocycles. The Morgan fingerprint density at radius 1 is 0.938 bits per heavy atom. The standard InChI is InChI=1S/C50H77N3O11/c1-11-31-16-13-17-40(64-42-19-18-39(53(6)7)28(4)60-42)27(3)45(55)37-23-34-33-21-32(63-50-49(59-10)48(58-9)47(57-8)29(5)61-50)22-36(33)44(46(56)43(34)35(37)24-41(54)62-31)52-25-38(51)30-15-12-14-26(2)20-30/h12,14-15,20,23,25,27-29,31-36,39-40,42-44,46-50,52,56H,11,13,16-19,21-22,24,51H2,1-10H3/b38-25-/t27-,28?,29?,31+,32+,33+,34+,35-,36-,39+,40+,42+,43-,44?,46?,47+,48?,49+,50+/m1/s1. The Morgan fingerprint density at radius 2 is 1.67 bits per heavy atom. The van der Waals surface area contributed by atoms with Gasteiger partial charge in [0.25, 0.3) is 0 Å². The van der Waals surface area contributed by atoms with Crippen LogP contribution in [0.5, 0.6) is 0 Å². The van der Waals surface area contributed by atoms with Gasteiger partial charge >= 0.3 is 5.97 Å². The van der Waals surface area contributed by atoms with Gasteiger partial charge in [-0.15, -0.1) is 0 Å². The number of ketones is 1. The van der Waals surface area contributed by atoms with Crippen LogP contribution < -0.4 is 11.1 Å². The first-order valence-electron chi connectivity index (χ1n) is 24.0. The highest BCUT2D eigenvalue weighted by atomic mass is 16.7. The average Bonchev–Trinajstić information content (AvgIpc) is 3.85. The smallest absolute Gasteiger partial charge is 0.306 e. The van der Waals surface area contributed by atoms with E-state index in [9.17, 15) is 9.90 Å². The van der Waals surface area contributed by atoms with Crippen LogP contribution in [-0.2, 0) is 47.5 Å². The largest absolute Gasteiger partial charge is 0.462 e. The predicted molar refractivity (Wildman–Crippen MR) is 241 cm³/mol. The number of nitrogens with zero attached hydrogens (tertiary/aromatic N) is 1. The fourth-order valence-electron chi connectivity index (χ4n) is 12.3. The zero-order valence-electron chi connectivity index (χ0n) is 39.9. The summed E-state index contributed by atoms with van der Waals surface area (Å²) in [6.07, 6.45) is 4.85. The van der Waals surface area contributed by atoms with Gasteiger partial charge in [0.1, 0.15) is 24.4 Å². The predicted octanol–water partition coefficient (Wildman–Crippen LogP) is 5.52. The number of rotatable bonds is 12. The Bertz CT molecular complexity index is 1810. The molecular formula is C50H77N3O11. The number of aliphatic hydroxyl groups excluding tert-OH is 1. The Hall–Kier alpha value is -2.92. The second kappa shape index (κ2) is 21.4. The number of Topliss-reactive ketones (excluding diaryl/α,β-unsaturated/α-hetero) is 1. The van der Waals surface area contributed by atoms with E-state index in [1.165, 1.54) is 0 Å². The van der Waals surface area contributed by atoms with Crippen molar-refractivity contribution in [3.05, 3.63) is 53.2 Å². The van der Waals surface area contributed by atoms with Crippen LogP contribution in [0.3, 0.4) is 0 Å². The van der Waals surface area contributed by atoms with Gasteiger partial charge in [0, 0.05) is 51.3 Å². The van der Waals surface area contributed by atoms with Crippen molar-refractivity contribution in [2.24, 2.45) is 41.2 Å². The summed E-state index contributed by atoms with van der Waals surface area (Å²) in [6.45, 7) is 10.1. The van der Waals surface area contributed by atoms with Crippen molar-refractivity contribution in [3.8, 4) is 0 Å². The molecule has 3 aliphatic heterocycles. The lowest BCUT2D eigenvalue weighted by atomic mass is 9.62. The van der Waals surface area contributed by atoms with Crippen LogP contribution in [0.1, 0.15) is 96.6 Å². The second-order valence-electron chi connectivity index (χ2n) is 19.8. The minimum Gasteiger partial charge on any atom is -0.462 e. The number of ether oxygens (including phenoxy) is 8. The van der Waals surface area contributed by atoms with Crippen LogP contribution in [0.15, 0.2) is 42.1 Å². The van der Waals surface area contributed by atoms with Crippen molar-refractivity contribution in [1.29, 1.82) is 0 Å². The van der Waals surface area contributed by atoms with Gasteiger partial charge in [-0.05, 0) is 121 Å². The quantitative estimate of drug-likeness (QED) is 0.225. The maximum Gasteiger partial charge on any atom is 0.306 e. The van der Waals surface area contributed by atoms with E-state index >= 15 is 4.79 Å². The maximum atomic E-state index is 15.1. The van der Waals surface area contributed by atoms with E-state index < -0.39 is 60.8 Å². The molecule has 0 bridgehead atoms. The summed E-state index contributed by atoms with van der Waals surface area (Å²) in [5.41, 5.74) is 9.79. The monoisotopic (exact) mass is 896 g/mol. The number of likely N-dealkylation sites (N-methyl/N-ethyl adjacent to an activating group) is 1. The first kappa shape index (κ1) is 49.0. The van der Waals surface area contributed by atoms with E-state index in [-0.39, 0.29) is 72.5 Å². The minimum atomic E-state index is -0.942. The van der Waals surface area contributed by atoms with Gasteiger partial charge in [0.2, 0.25) is 0 Å². The van der Waals surface area contributed by atoms with E-state index in [0.717, 1.165) is 30.4 Å². The summed E-state index contributed by atoms with van der Waals surface area (Å²) in [5.74, 6) is -2.21. The van der Waals surface area contributed by atoms with Gasteiger partial charge in [-0.25, -0.2) is 0 Å². The number of nitrogens with two attached hydrogens (primary N) is 1. The third kappa shape index (κ3) is 10.3. The molecule has 14 heteroatoms. The molecule has 3 saturated heterocycles. The molecule has 2 saturated carbocycles. The number of aliphatic hydroxyl groups is 1. The van der Waals surface area contributed by atoms with Crippen LogP contribution in [-0.4, -0.2) is 137 Å². The maximum absolute atomic E-state index is 15.1. The molecule has 64 heavy (non-hydrogen) atoms. The van der Waals surface area contributed by atoms with Crippen LogP contribution in [0.25, 0.3) is 5.70 Å². The highest BCUT2D eigenvalue weighted by Crippen LogP contribution is 2.57. The topological polar surface area (TPSA) is 170 Å². The molecule has 358 valence electrons. The summed E-state index contributed by atoms with van der Waals surface area (Å²) in [6, 6.07) is 7.81. The van der Waals surface area contributed by atoms with E-state index in [1.807, 2.05) is 52.0 Å². The van der Waals surface area contributed by atoms with Crippen molar-refractivity contribution < 1.29 is 52.6 Å². The molecule has 5 fully saturated rings. The zero-order chi connectivity index (χ0) is 46.0. The highest BCUT2D eigenvalue weighted by molar-refractivity contribution is 5.99.